The zero-order chi connectivity index (χ0) is 23.9. The molecule has 0 saturated carbocycles. The summed E-state index contributed by atoms with van der Waals surface area (Å²) >= 11 is 6.13. The number of ketones is 1. The zero-order valence-corrected chi connectivity index (χ0v) is 19.7. The normalized spacial score (nSPS) is 14.7. The molecule has 0 heterocycles. The third kappa shape index (κ3) is 4.14. The molecule has 1 aliphatic rings. The summed E-state index contributed by atoms with van der Waals surface area (Å²) in [5.74, 6) is -0.253. The first-order valence-corrected chi connectivity index (χ1v) is 12.4. The van der Waals surface area contributed by atoms with Crippen molar-refractivity contribution in [2.75, 3.05) is 5.32 Å². The fourth-order valence-corrected chi connectivity index (χ4v) is 5.09. The van der Waals surface area contributed by atoms with Gasteiger partial charge in [-0.05, 0) is 53.6 Å². The maximum absolute atomic E-state index is 13.3. The van der Waals surface area contributed by atoms with Crippen LogP contribution in [0.25, 0.3) is 10.8 Å². The van der Waals surface area contributed by atoms with Crippen LogP contribution in [0.5, 0.6) is 0 Å². The smallest absolute Gasteiger partial charge is 0.282 e. The number of nitrogens with one attached hydrogen (secondary N) is 1. The highest BCUT2D eigenvalue weighted by molar-refractivity contribution is 7.90. The number of anilines is 1. The van der Waals surface area contributed by atoms with E-state index in [4.69, 9.17) is 11.6 Å². The third-order valence-electron chi connectivity index (χ3n) is 5.68. The molecule has 0 bridgehead atoms. The molecule has 0 aliphatic heterocycles. The van der Waals surface area contributed by atoms with Crippen molar-refractivity contribution in [3.8, 4) is 0 Å². The van der Waals surface area contributed by atoms with Gasteiger partial charge in [-0.3, -0.25) is 4.79 Å². The molecule has 0 atom stereocenters. The molecule has 7 heteroatoms. The number of sulfonamides is 1. The van der Waals surface area contributed by atoms with E-state index in [0.717, 1.165) is 16.3 Å². The van der Waals surface area contributed by atoms with Crippen molar-refractivity contribution in [1.29, 1.82) is 0 Å². The maximum Gasteiger partial charge on any atom is 0.282 e. The van der Waals surface area contributed by atoms with Gasteiger partial charge in [-0.1, -0.05) is 72.3 Å². The number of benzene rings is 4. The summed E-state index contributed by atoms with van der Waals surface area (Å²) in [5, 5.41) is 5.37. The highest BCUT2D eigenvalue weighted by Crippen LogP contribution is 2.28. The van der Waals surface area contributed by atoms with Gasteiger partial charge < -0.3 is 5.32 Å². The Kier molecular flexibility index (Phi) is 5.55. The van der Waals surface area contributed by atoms with E-state index in [9.17, 15) is 13.2 Å². The van der Waals surface area contributed by atoms with Gasteiger partial charge in [0.05, 0.1) is 16.3 Å². The highest BCUT2D eigenvalue weighted by Gasteiger charge is 2.26. The number of allylic oxidation sites excluding steroid dienone is 2. The first kappa shape index (κ1) is 22.1. The Bertz CT molecular complexity index is 1640. The van der Waals surface area contributed by atoms with E-state index >= 15 is 0 Å². The first-order chi connectivity index (χ1) is 16.3. The number of fused-ring (bicyclic) bond motifs is 2. The minimum absolute atomic E-state index is 0.0849. The Labute approximate surface area is 202 Å². The Morgan fingerprint density at radius 2 is 1.53 bits per heavy atom. The van der Waals surface area contributed by atoms with Crippen LogP contribution in [0, 0.1) is 6.92 Å². The molecule has 0 aromatic heterocycles. The van der Waals surface area contributed by atoms with E-state index < -0.39 is 10.0 Å². The third-order valence-corrected chi connectivity index (χ3v) is 7.20. The Morgan fingerprint density at radius 3 is 2.32 bits per heavy atom. The van der Waals surface area contributed by atoms with Gasteiger partial charge in [-0.15, -0.1) is 0 Å². The fourth-order valence-electron chi connectivity index (χ4n) is 3.88. The Hall–Kier alpha value is -3.74. The maximum atomic E-state index is 13.3. The van der Waals surface area contributed by atoms with Gasteiger partial charge in [0.2, 0.25) is 5.78 Å². The zero-order valence-electron chi connectivity index (χ0n) is 18.1. The number of Topliss-reactive ketones (excluding diaryl/α,β-unsaturated/α-hetero) is 1. The number of nitrogens with zero attached hydrogens (tertiary/aromatic N) is 1. The van der Waals surface area contributed by atoms with E-state index in [-0.39, 0.29) is 22.1 Å². The van der Waals surface area contributed by atoms with Crippen LogP contribution in [0.4, 0.5) is 5.69 Å². The lowest BCUT2D eigenvalue weighted by atomic mass is 9.92. The molecule has 0 fully saturated rings. The van der Waals surface area contributed by atoms with Crippen molar-refractivity contribution in [2.24, 2.45) is 4.40 Å². The SMILES string of the molecule is Cc1ccc(Cl)cc1NC1=C/C(=N\S(=O)(=O)c2ccc3ccccc3c2)c2ccccc2C1=O. The minimum atomic E-state index is -4.04. The summed E-state index contributed by atoms with van der Waals surface area (Å²) in [6.45, 7) is 1.89. The lowest BCUT2D eigenvalue weighted by Crippen LogP contribution is -2.23. The van der Waals surface area contributed by atoms with Gasteiger partial charge >= 0.3 is 0 Å². The first-order valence-electron chi connectivity index (χ1n) is 10.5. The van der Waals surface area contributed by atoms with Gasteiger partial charge in [0.1, 0.15) is 0 Å². The van der Waals surface area contributed by atoms with Gasteiger partial charge in [0, 0.05) is 21.8 Å². The van der Waals surface area contributed by atoms with Crippen LogP contribution >= 0.6 is 11.6 Å². The number of hydrogen-bond donors (Lipinski definition) is 1. The number of carbonyl (C=O) groups excluding carboxylic acids is 1. The molecule has 0 saturated heterocycles. The molecule has 5 nitrogen and oxygen atoms in total. The summed E-state index contributed by atoms with van der Waals surface area (Å²) in [6.07, 6.45) is 1.48. The van der Waals surface area contributed by atoms with Crippen LogP contribution in [-0.4, -0.2) is 19.9 Å². The van der Waals surface area contributed by atoms with E-state index in [1.807, 2.05) is 37.3 Å². The standard InChI is InChI=1S/C27H19ClN2O3S/c1-17-10-12-20(28)15-24(17)29-26-16-25(22-8-4-5-9-23(22)27(26)31)30-34(32,33)21-13-11-18-6-2-3-7-19(18)14-21/h2-16,29H,1H3/b30-25+. The number of halogens is 1. The van der Waals surface area contributed by atoms with Crippen LogP contribution in [0.2, 0.25) is 5.02 Å². The number of hydrogen-bond acceptors (Lipinski definition) is 4. The van der Waals surface area contributed by atoms with Crippen molar-refractivity contribution in [3.63, 3.8) is 0 Å². The predicted octanol–water partition coefficient (Wildman–Crippen LogP) is 6.17. The van der Waals surface area contributed by atoms with Crippen LogP contribution in [0.15, 0.2) is 106 Å². The highest BCUT2D eigenvalue weighted by atomic mass is 35.5. The Morgan fingerprint density at radius 1 is 0.824 bits per heavy atom. The number of carbonyl (C=O) groups is 1. The molecule has 0 spiro atoms. The van der Waals surface area contributed by atoms with Crippen molar-refractivity contribution in [3.05, 3.63) is 118 Å². The van der Waals surface area contributed by atoms with Crippen molar-refractivity contribution < 1.29 is 13.2 Å². The second-order valence-corrected chi connectivity index (χ2v) is 10.0. The number of rotatable bonds is 4. The van der Waals surface area contributed by atoms with Crippen molar-refractivity contribution in [1.82, 2.24) is 0 Å². The summed E-state index contributed by atoms with van der Waals surface area (Å²) in [7, 11) is -4.04. The lowest BCUT2D eigenvalue weighted by molar-refractivity contribution is 0.103. The van der Waals surface area contributed by atoms with E-state index in [1.165, 1.54) is 6.08 Å². The number of aryl methyl sites for hydroxylation is 1. The van der Waals surface area contributed by atoms with Crippen LogP contribution in [0.3, 0.4) is 0 Å². The lowest BCUT2D eigenvalue weighted by Gasteiger charge is -2.19. The molecule has 5 rings (SSSR count). The molecule has 4 aromatic rings. The van der Waals surface area contributed by atoms with E-state index in [2.05, 4.69) is 9.71 Å². The van der Waals surface area contributed by atoms with Crippen LogP contribution in [-0.2, 0) is 10.0 Å². The molecule has 0 unspecified atom stereocenters. The van der Waals surface area contributed by atoms with Gasteiger partial charge in [0.25, 0.3) is 10.0 Å². The van der Waals surface area contributed by atoms with Crippen molar-refractivity contribution >= 4 is 49.6 Å². The average Bonchev–Trinajstić information content (AvgIpc) is 2.84. The molecule has 0 radical (unpaired) electrons. The topological polar surface area (TPSA) is 75.6 Å². The van der Waals surface area contributed by atoms with E-state index in [1.54, 1.807) is 54.6 Å². The Balaban J connectivity index is 1.62. The summed E-state index contributed by atoms with van der Waals surface area (Å²) in [5.41, 5.74) is 2.79. The molecule has 4 aromatic carbocycles. The predicted molar refractivity (Wildman–Crippen MR) is 136 cm³/mol. The summed E-state index contributed by atoms with van der Waals surface area (Å²) < 4.78 is 30.7. The summed E-state index contributed by atoms with van der Waals surface area (Å²) in [4.78, 5) is 13.3. The fraction of sp³-hybridized carbons (Fsp3) is 0.0370. The van der Waals surface area contributed by atoms with E-state index in [0.29, 0.717) is 21.8 Å². The molecular formula is C27H19ClN2O3S. The minimum Gasteiger partial charge on any atom is -0.352 e. The van der Waals surface area contributed by atoms with Crippen LogP contribution < -0.4 is 5.32 Å². The average molecular weight is 487 g/mol. The molecule has 34 heavy (non-hydrogen) atoms. The van der Waals surface area contributed by atoms with Gasteiger partial charge in [-0.2, -0.15) is 12.8 Å². The quantitative estimate of drug-likeness (QED) is 0.374. The summed E-state index contributed by atoms with van der Waals surface area (Å²) in [6, 6.07) is 24.6. The van der Waals surface area contributed by atoms with Gasteiger partial charge in [0.15, 0.2) is 0 Å². The second-order valence-electron chi connectivity index (χ2n) is 7.98. The largest absolute Gasteiger partial charge is 0.352 e. The van der Waals surface area contributed by atoms with Gasteiger partial charge in [-0.25, -0.2) is 0 Å². The van der Waals surface area contributed by atoms with Crippen LogP contribution in [0.1, 0.15) is 21.5 Å². The molecule has 168 valence electrons. The second kappa shape index (κ2) is 8.56. The molecular weight excluding hydrogens is 468 g/mol. The monoisotopic (exact) mass is 486 g/mol. The molecule has 1 N–H and O–H groups in total. The van der Waals surface area contributed by atoms with Crippen molar-refractivity contribution in [2.45, 2.75) is 11.8 Å². The molecule has 0 amide bonds. The molecule has 1 aliphatic carbocycles.